The number of ether oxygens (including phenoxy) is 1. The maximum absolute atomic E-state index is 12.1. The van der Waals surface area contributed by atoms with Crippen molar-refractivity contribution in [3.63, 3.8) is 0 Å². The van der Waals surface area contributed by atoms with Gasteiger partial charge < -0.3 is 20.5 Å². The van der Waals surface area contributed by atoms with E-state index < -0.39 is 5.97 Å². The number of carboxylic acids is 1. The summed E-state index contributed by atoms with van der Waals surface area (Å²) in [4.78, 5) is 23.1. The number of urea groups is 1. The van der Waals surface area contributed by atoms with Crippen molar-refractivity contribution in [1.82, 2.24) is 5.32 Å². The highest BCUT2D eigenvalue weighted by Crippen LogP contribution is 2.39. The van der Waals surface area contributed by atoms with Gasteiger partial charge in [-0.15, -0.1) is 0 Å². The van der Waals surface area contributed by atoms with Gasteiger partial charge in [0.1, 0.15) is 5.75 Å². The first kappa shape index (κ1) is 15.2. The molecule has 2 amide bonds. The third-order valence-corrected chi connectivity index (χ3v) is 3.73. The van der Waals surface area contributed by atoms with E-state index in [9.17, 15) is 9.59 Å². The Hall–Kier alpha value is -2.24. The number of carboxylic acid groups (broad SMARTS) is 1. The molecule has 0 heterocycles. The first-order valence-corrected chi connectivity index (χ1v) is 6.84. The molecule has 114 valence electrons. The molecule has 0 saturated heterocycles. The van der Waals surface area contributed by atoms with Gasteiger partial charge in [0.2, 0.25) is 0 Å². The molecule has 1 fully saturated rings. The molecule has 0 aromatic heterocycles. The lowest BCUT2D eigenvalue weighted by atomic mass is 9.99. The Balaban J connectivity index is 2.11. The van der Waals surface area contributed by atoms with Crippen LogP contribution in [0.5, 0.6) is 5.75 Å². The zero-order valence-corrected chi connectivity index (χ0v) is 12.4. The van der Waals surface area contributed by atoms with E-state index in [4.69, 9.17) is 9.84 Å². The van der Waals surface area contributed by atoms with E-state index in [0.29, 0.717) is 17.4 Å². The lowest BCUT2D eigenvalue weighted by Gasteiger charge is -2.26. The molecular formula is C15H20N2O4. The Kier molecular flexibility index (Phi) is 4.06. The lowest BCUT2D eigenvalue weighted by Crippen LogP contribution is -2.47. The molecule has 1 aliphatic rings. The average molecular weight is 292 g/mol. The number of hydrogen-bond donors (Lipinski definition) is 3. The third-order valence-electron chi connectivity index (χ3n) is 3.73. The number of hydrogen-bond acceptors (Lipinski definition) is 3. The van der Waals surface area contributed by atoms with Crippen molar-refractivity contribution in [2.24, 2.45) is 5.92 Å². The topological polar surface area (TPSA) is 87.7 Å². The van der Waals surface area contributed by atoms with Crippen molar-refractivity contribution in [2.45, 2.75) is 32.2 Å². The molecule has 0 radical (unpaired) electrons. The number of anilines is 1. The van der Waals surface area contributed by atoms with Crippen molar-refractivity contribution in [2.75, 3.05) is 12.4 Å². The van der Waals surface area contributed by atoms with Crippen LogP contribution in [0, 0.1) is 5.92 Å². The summed E-state index contributed by atoms with van der Waals surface area (Å²) >= 11 is 0. The molecule has 0 spiro atoms. The van der Waals surface area contributed by atoms with Gasteiger partial charge >= 0.3 is 12.0 Å². The van der Waals surface area contributed by atoms with Gasteiger partial charge in [0.15, 0.2) is 0 Å². The Morgan fingerprint density at radius 1 is 1.33 bits per heavy atom. The fraction of sp³-hybridized carbons (Fsp3) is 0.467. The Morgan fingerprint density at radius 2 is 2.00 bits per heavy atom. The summed E-state index contributed by atoms with van der Waals surface area (Å²) in [6.07, 6.45) is 2.23. The zero-order valence-electron chi connectivity index (χ0n) is 12.4. The molecule has 3 N–H and O–H groups in total. The van der Waals surface area contributed by atoms with Gasteiger partial charge in [0, 0.05) is 5.54 Å². The van der Waals surface area contributed by atoms with Crippen molar-refractivity contribution in [1.29, 1.82) is 0 Å². The smallest absolute Gasteiger partial charge is 0.335 e. The molecule has 1 aromatic rings. The third kappa shape index (κ3) is 3.65. The minimum Gasteiger partial charge on any atom is -0.495 e. The van der Waals surface area contributed by atoms with E-state index in [1.54, 1.807) is 0 Å². The van der Waals surface area contributed by atoms with Crippen LogP contribution in [0.3, 0.4) is 0 Å². The Labute approximate surface area is 123 Å². The van der Waals surface area contributed by atoms with Crippen molar-refractivity contribution in [3.05, 3.63) is 23.8 Å². The molecule has 1 saturated carbocycles. The largest absolute Gasteiger partial charge is 0.495 e. The summed E-state index contributed by atoms with van der Waals surface area (Å²) < 4.78 is 5.14. The van der Waals surface area contributed by atoms with E-state index in [1.165, 1.54) is 25.3 Å². The van der Waals surface area contributed by atoms with Gasteiger partial charge in [-0.2, -0.15) is 0 Å². The van der Waals surface area contributed by atoms with Crippen LogP contribution in [0.1, 0.15) is 37.0 Å². The maximum atomic E-state index is 12.1. The highest BCUT2D eigenvalue weighted by Gasteiger charge is 2.38. The fourth-order valence-corrected chi connectivity index (χ4v) is 2.29. The normalized spacial score (nSPS) is 14.4. The van der Waals surface area contributed by atoms with Crippen LogP contribution < -0.4 is 15.4 Å². The van der Waals surface area contributed by atoms with Gasteiger partial charge in [0.25, 0.3) is 0 Å². The lowest BCUT2D eigenvalue weighted by molar-refractivity contribution is 0.0697. The molecule has 21 heavy (non-hydrogen) atoms. The molecule has 0 unspecified atom stereocenters. The predicted molar refractivity (Wildman–Crippen MR) is 78.9 cm³/mol. The number of methoxy groups -OCH3 is 1. The molecule has 2 rings (SSSR count). The Bertz CT molecular complexity index is 565. The quantitative estimate of drug-likeness (QED) is 0.778. The first-order valence-electron chi connectivity index (χ1n) is 6.84. The predicted octanol–water partition coefficient (Wildman–Crippen LogP) is 2.70. The van der Waals surface area contributed by atoms with E-state index >= 15 is 0 Å². The maximum Gasteiger partial charge on any atom is 0.335 e. The summed E-state index contributed by atoms with van der Waals surface area (Å²) in [6.45, 7) is 3.96. The molecule has 1 aliphatic carbocycles. The molecule has 6 heteroatoms. The number of aromatic carboxylic acids is 1. The van der Waals surface area contributed by atoms with Crippen LogP contribution in [0.25, 0.3) is 0 Å². The number of nitrogens with one attached hydrogen (secondary N) is 2. The molecule has 0 atom stereocenters. The number of carbonyl (C=O) groups is 2. The van der Waals surface area contributed by atoms with E-state index in [0.717, 1.165) is 12.8 Å². The van der Waals surface area contributed by atoms with Crippen molar-refractivity contribution >= 4 is 17.7 Å². The van der Waals surface area contributed by atoms with Gasteiger partial charge in [0.05, 0.1) is 18.4 Å². The second-order valence-corrected chi connectivity index (χ2v) is 5.80. The SMILES string of the molecule is COc1ccc(C(=O)O)cc1NC(=O)NC(C)(C)C1CC1. The van der Waals surface area contributed by atoms with E-state index in [2.05, 4.69) is 10.6 Å². The Morgan fingerprint density at radius 3 is 2.52 bits per heavy atom. The summed E-state index contributed by atoms with van der Waals surface area (Å²) in [5.74, 6) is -0.144. The van der Waals surface area contributed by atoms with Crippen LogP contribution in [-0.2, 0) is 0 Å². The van der Waals surface area contributed by atoms with Crippen LogP contribution in [0.15, 0.2) is 18.2 Å². The van der Waals surface area contributed by atoms with Crippen LogP contribution in [-0.4, -0.2) is 29.8 Å². The summed E-state index contributed by atoms with van der Waals surface area (Å²) in [7, 11) is 1.47. The molecule has 0 aliphatic heterocycles. The highest BCUT2D eigenvalue weighted by molar-refractivity contribution is 5.95. The van der Waals surface area contributed by atoms with Crippen LogP contribution in [0.4, 0.5) is 10.5 Å². The van der Waals surface area contributed by atoms with Crippen molar-refractivity contribution < 1.29 is 19.4 Å². The monoisotopic (exact) mass is 292 g/mol. The first-order chi connectivity index (χ1) is 9.83. The van der Waals surface area contributed by atoms with Gasteiger partial charge in [-0.3, -0.25) is 0 Å². The average Bonchev–Trinajstić information content (AvgIpc) is 3.22. The fourth-order valence-electron chi connectivity index (χ4n) is 2.29. The van der Waals surface area contributed by atoms with E-state index in [1.807, 2.05) is 13.8 Å². The van der Waals surface area contributed by atoms with E-state index in [-0.39, 0.29) is 17.1 Å². The standard InChI is InChI=1S/C15H20N2O4/c1-15(2,10-5-6-10)17-14(20)16-11-8-9(13(18)19)4-7-12(11)21-3/h4,7-8,10H,5-6H2,1-3H3,(H,18,19)(H2,16,17,20). The molecular weight excluding hydrogens is 272 g/mol. The summed E-state index contributed by atoms with van der Waals surface area (Å²) in [5, 5.41) is 14.6. The number of benzene rings is 1. The second-order valence-electron chi connectivity index (χ2n) is 5.80. The van der Waals surface area contributed by atoms with Crippen LogP contribution >= 0.6 is 0 Å². The van der Waals surface area contributed by atoms with Gasteiger partial charge in [-0.25, -0.2) is 9.59 Å². The minimum absolute atomic E-state index is 0.0903. The highest BCUT2D eigenvalue weighted by atomic mass is 16.5. The van der Waals surface area contributed by atoms with Gasteiger partial charge in [-0.05, 0) is 50.8 Å². The number of carbonyl (C=O) groups excluding carboxylic acids is 1. The minimum atomic E-state index is -1.06. The summed E-state index contributed by atoms with van der Waals surface area (Å²) in [5.41, 5.74) is 0.149. The molecule has 6 nitrogen and oxygen atoms in total. The summed E-state index contributed by atoms with van der Waals surface area (Å²) in [6, 6.07) is 3.96. The molecule has 0 bridgehead atoms. The number of amides is 2. The zero-order chi connectivity index (χ0) is 15.6. The molecule has 1 aromatic carbocycles. The van der Waals surface area contributed by atoms with Crippen LogP contribution in [0.2, 0.25) is 0 Å². The van der Waals surface area contributed by atoms with Crippen molar-refractivity contribution in [3.8, 4) is 5.75 Å². The number of rotatable bonds is 5. The van der Waals surface area contributed by atoms with Gasteiger partial charge in [-0.1, -0.05) is 0 Å². The second kappa shape index (κ2) is 5.63.